The predicted molar refractivity (Wildman–Crippen MR) is 85.3 cm³/mol. The van der Waals surface area contributed by atoms with E-state index in [4.69, 9.17) is 0 Å². The minimum atomic E-state index is -0.197. The van der Waals surface area contributed by atoms with Crippen molar-refractivity contribution < 1.29 is 4.39 Å². The topological polar surface area (TPSA) is 15.3 Å². The van der Waals surface area contributed by atoms with E-state index in [0.717, 1.165) is 25.2 Å². The standard InChI is InChI=1S/C16H24BrFN2/c1-4-5-13-10-20(16(2,3)11-19-13)9-12-6-7-15(18)14(17)8-12/h6-8,13,19H,4-5,9-11H2,1-3H3. The fraction of sp³-hybridized carbons (Fsp3) is 0.625. The number of hydrogen-bond acceptors (Lipinski definition) is 2. The molecule has 1 atom stereocenters. The van der Waals surface area contributed by atoms with Crippen molar-refractivity contribution in [3.05, 3.63) is 34.1 Å². The maximum absolute atomic E-state index is 13.3. The second kappa shape index (κ2) is 6.54. The van der Waals surface area contributed by atoms with Crippen LogP contribution in [-0.4, -0.2) is 29.6 Å². The Labute approximate surface area is 129 Å². The fourth-order valence-corrected chi connectivity index (χ4v) is 3.19. The van der Waals surface area contributed by atoms with Crippen molar-refractivity contribution in [2.75, 3.05) is 13.1 Å². The average Bonchev–Trinajstić information content (AvgIpc) is 2.38. The molecule has 0 aromatic heterocycles. The number of benzene rings is 1. The summed E-state index contributed by atoms with van der Waals surface area (Å²) in [5.74, 6) is -0.197. The van der Waals surface area contributed by atoms with Crippen molar-refractivity contribution >= 4 is 15.9 Å². The number of nitrogens with zero attached hydrogens (tertiary/aromatic N) is 1. The summed E-state index contributed by atoms with van der Waals surface area (Å²) in [7, 11) is 0. The van der Waals surface area contributed by atoms with Crippen LogP contribution in [0.2, 0.25) is 0 Å². The van der Waals surface area contributed by atoms with Crippen LogP contribution in [0.5, 0.6) is 0 Å². The van der Waals surface area contributed by atoms with Gasteiger partial charge in [0.05, 0.1) is 4.47 Å². The molecule has 2 nitrogen and oxygen atoms in total. The molecule has 2 rings (SSSR count). The Kier molecular flexibility index (Phi) is 5.21. The quantitative estimate of drug-likeness (QED) is 0.891. The van der Waals surface area contributed by atoms with Crippen molar-refractivity contribution in [3.8, 4) is 0 Å². The van der Waals surface area contributed by atoms with E-state index in [2.05, 4.69) is 46.9 Å². The van der Waals surface area contributed by atoms with Gasteiger partial charge in [0.1, 0.15) is 5.82 Å². The van der Waals surface area contributed by atoms with E-state index < -0.39 is 0 Å². The number of rotatable bonds is 4. The molecule has 0 aliphatic carbocycles. The molecule has 20 heavy (non-hydrogen) atoms. The third kappa shape index (κ3) is 3.80. The molecule has 1 aromatic carbocycles. The van der Waals surface area contributed by atoms with Crippen LogP contribution in [0.1, 0.15) is 39.2 Å². The summed E-state index contributed by atoms with van der Waals surface area (Å²) in [6.07, 6.45) is 2.41. The highest BCUT2D eigenvalue weighted by molar-refractivity contribution is 9.10. The Morgan fingerprint density at radius 2 is 2.20 bits per heavy atom. The van der Waals surface area contributed by atoms with E-state index in [1.807, 2.05) is 12.1 Å². The highest BCUT2D eigenvalue weighted by Gasteiger charge is 2.33. The van der Waals surface area contributed by atoms with Gasteiger partial charge in [0.2, 0.25) is 0 Å². The minimum Gasteiger partial charge on any atom is -0.311 e. The lowest BCUT2D eigenvalue weighted by Crippen LogP contribution is -2.61. The van der Waals surface area contributed by atoms with Crippen molar-refractivity contribution in [1.82, 2.24) is 10.2 Å². The first-order valence-corrected chi connectivity index (χ1v) is 8.14. The van der Waals surface area contributed by atoms with Gasteiger partial charge in [-0.25, -0.2) is 4.39 Å². The van der Waals surface area contributed by atoms with Gasteiger partial charge in [-0.05, 0) is 53.9 Å². The lowest BCUT2D eigenvalue weighted by Gasteiger charge is -2.46. The molecule has 1 heterocycles. The molecular formula is C16H24BrFN2. The highest BCUT2D eigenvalue weighted by Crippen LogP contribution is 2.24. The first-order valence-electron chi connectivity index (χ1n) is 7.34. The lowest BCUT2D eigenvalue weighted by molar-refractivity contribution is 0.0563. The zero-order chi connectivity index (χ0) is 14.8. The molecule has 1 unspecified atom stereocenters. The molecule has 1 aliphatic heterocycles. The Bertz CT molecular complexity index is 462. The smallest absolute Gasteiger partial charge is 0.137 e. The summed E-state index contributed by atoms with van der Waals surface area (Å²) in [5, 5.41) is 3.64. The summed E-state index contributed by atoms with van der Waals surface area (Å²) >= 11 is 3.27. The van der Waals surface area contributed by atoms with E-state index in [1.54, 1.807) is 0 Å². The molecule has 1 saturated heterocycles. The van der Waals surface area contributed by atoms with Crippen LogP contribution >= 0.6 is 15.9 Å². The molecule has 0 saturated carbocycles. The normalized spacial score (nSPS) is 22.9. The zero-order valence-electron chi connectivity index (χ0n) is 12.5. The Morgan fingerprint density at radius 3 is 2.85 bits per heavy atom. The van der Waals surface area contributed by atoms with Gasteiger partial charge in [-0.2, -0.15) is 0 Å². The van der Waals surface area contributed by atoms with Gasteiger partial charge in [0.15, 0.2) is 0 Å². The van der Waals surface area contributed by atoms with E-state index >= 15 is 0 Å². The van der Waals surface area contributed by atoms with Crippen molar-refractivity contribution in [3.63, 3.8) is 0 Å². The molecule has 4 heteroatoms. The van der Waals surface area contributed by atoms with Gasteiger partial charge < -0.3 is 5.32 Å². The largest absolute Gasteiger partial charge is 0.311 e. The van der Waals surface area contributed by atoms with Crippen LogP contribution in [0.3, 0.4) is 0 Å². The van der Waals surface area contributed by atoms with Gasteiger partial charge in [-0.15, -0.1) is 0 Å². The van der Waals surface area contributed by atoms with Gasteiger partial charge in [-0.3, -0.25) is 4.90 Å². The molecule has 1 fully saturated rings. The summed E-state index contributed by atoms with van der Waals surface area (Å²) in [5.41, 5.74) is 1.29. The maximum atomic E-state index is 13.3. The summed E-state index contributed by atoms with van der Waals surface area (Å²) in [6, 6.07) is 5.88. The van der Waals surface area contributed by atoms with Crippen LogP contribution in [0, 0.1) is 5.82 Å². The number of nitrogens with one attached hydrogen (secondary N) is 1. The average molecular weight is 343 g/mol. The Morgan fingerprint density at radius 1 is 1.45 bits per heavy atom. The van der Waals surface area contributed by atoms with Gasteiger partial charge in [0, 0.05) is 31.2 Å². The molecular weight excluding hydrogens is 319 g/mol. The van der Waals surface area contributed by atoms with E-state index in [9.17, 15) is 4.39 Å². The molecule has 112 valence electrons. The third-order valence-electron chi connectivity index (χ3n) is 4.11. The molecule has 1 aromatic rings. The van der Waals surface area contributed by atoms with E-state index in [0.29, 0.717) is 10.5 Å². The third-order valence-corrected chi connectivity index (χ3v) is 4.72. The van der Waals surface area contributed by atoms with Crippen LogP contribution in [0.25, 0.3) is 0 Å². The molecule has 1 aliphatic rings. The number of halogens is 2. The second-order valence-electron chi connectivity index (χ2n) is 6.31. The molecule has 1 N–H and O–H groups in total. The number of hydrogen-bond donors (Lipinski definition) is 1. The highest BCUT2D eigenvalue weighted by atomic mass is 79.9. The van der Waals surface area contributed by atoms with Crippen LogP contribution < -0.4 is 5.32 Å². The zero-order valence-corrected chi connectivity index (χ0v) is 14.1. The molecule has 0 bridgehead atoms. The second-order valence-corrected chi connectivity index (χ2v) is 7.16. The van der Waals surface area contributed by atoms with Gasteiger partial charge >= 0.3 is 0 Å². The summed E-state index contributed by atoms with van der Waals surface area (Å²) in [6.45, 7) is 9.67. The van der Waals surface area contributed by atoms with Crippen molar-refractivity contribution in [1.29, 1.82) is 0 Å². The van der Waals surface area contributed by atoms with Crippen molar-refractivity contribution in [2.24, 2.45) is 0 Å². The van der Waals surface area contributed by atoms with E-state index in [-0.39, 0.29) is 11.4 Å². The monoisotopic (exact) mass is 342 g/mol. The Hall–Kier alpha value is -0.450. The van der Waals surface area contributed by atoms with E-state index in [1.165, 1.54) is 18.9 Å². The van der Waals surface area contributed by atoms with Crippen LogP contribution in [-0.2, 0) is 6.54 Å². The summed E-state index contributed by atoms with van der Waals surface area (Å²) < 4.78 is 13.9. The maximum Gasteiger partial charge on any atom is 0.137 e. The van der Waals surface area contributed by atoms with Gasteiger partial charge in [0.25, 0.3) is 0 Å². The molecule has 0 amide bonds. The SMILES string of the molecule is CCCC1CN(Cc2ccc(F)c(Br)c2)C(C)(C)CN1. The first kappa shape index (κ1) is 15.9. The van der Waals surface area contributed by atoms with Crippen molar-refractivity contribution in [2.45, 2.75) is 51.7 Å². The van der Waals surface area contributed by atoms with Gasteiger partial charge in [-0.1, -0.05) is 19.4 Å². The van der Waals surface area contributed by atoms with Crippen LogP contribution in [0.15, 0.2) is 22.7 Å². The minimum absolute atomic E-state index is 0.130. The molecule has 0 spiro atoms. The van der Waals surface area contributed by atoms with Crippen LogP contribution in [0.4, 0.5) is 4.39 Å². The fourth-order valence-electron chi connectivity index (χ4n) is 2.76. The first-order chi connectivity index (χ1) is 9.42. The summed E-state index contributed by atoms with van der Waals surface area (Å²) in [4.78, 5) is 2.50. The predicted octanol–water partition coefficient (Wildman–Crippen LogP) is 3.94. The number of piperazine rings is 1. The Balaban J connectivity index is 2.09. The lowest BCUT2D eigenvalue weighted by atomic mass is 9.95. The molecule has 0 radical (unpaired) electrons.